The summed E-state index contributed by atoms with van der Waals surface area (Å²) in [6, 6.07) is 5.62. The van der Waals surface area contributed by atoms with Crippen LogP contribution in [0.1, 0.15) is 25.8 Å². The van der Waals surface area contributed by atoms with Crippen LogP contribution in [-0.4, -0.2) is 24.4 Å². The maximum atomic E-state index is 9.61. The third-order valence-electron chi connectivity index (χ3n) is 2.46. The second kappa shape index (κ2) is 5.89. The topological polar surface area (TPSA) is 64.7 Å². The molecule has 0 aromatic heterocycles. The van der Waals surface area contributed by atoms with Gasteiger partial charge in [-0.2, -0.15) is 0 Å². The highest BCUT2D eigenvalue weighted by Crippen LogP contribution is 2.31. The Labute approximate surface area is 102 Å². The fraction of sp³-hybridized carbons (Fsp3) is 0.538. The predicted octanol–water partition coefficient (Wildman–Crippen LogP) is 1.69. The van der Waals surface area contributed by atoms with E-state index >= 15 is 0 Å². The summed E-state index contributed by atoms with van der Waals surface area (Å²) in [5.74, 6) is 1.34. The van der Waals surface area contributed by atoms with Crippen LogP contribution in [0.5, 0.6) is 11.5 Å². The minimum atomic E-state index is -0.731. The van der Waals surface area contributed by atoms with Crippen molar-refractivity contribution in [3.8, 4) is 11.5 Å². The van der Waals surface area contributed by atoms with E-state index in [1.807, 2.05) is 18.2 Å². The van der Waals surface area contributed by atoms with Crippen molar-refractivity contribution in [2.45, 2.75) is 32.4 Å². The molecule has 0 fully saturated rings. The number of aliphatic hydroxyl groups is 1. The molecule has 0 saturated heterocycles. The van der Waals surface area contributed by atoms with Crippen LogP contribution in [-0.2, 0) is 6.54 Å². The first kappa shape index (κ1) is 13.8. The average molecular weight is 239 g/mol. The molecule has 0 amide bonds. The Hall–Kier alpha value is -1.26. The standard InChI is InChI=1S/C13H21NO3/c1-13(2,15)7-8-17-12-10(9-14)5-4-6-11(12)16-3/h4-6,15H,7-9,14H2,1-3H3. The summed E-state index contributed by atoms with van der Waals surface area (Å²) < 4.78 is 10.9. The van der Waals surface area contributed by atoms with Crippen LogP contribution in [0.3, 0.4) is 0 Å². The maximum Gasteiger partial charge on any atom is 0.165 e. The Morgan fingerprint density at radius 3 is 2.59 bits per heavy atom. The van der Waals surface area contributed by atoms with Crippen molar-refractivity contribution in [2.24, 2.45) is 5.73 Å². The van der Waals surface area contributed by atoms with Gasteiger partial charge in [-0.05, 0) is 19.9 Å². The molecule has 0 saturated carbocycles. The van der Waals surface area contributed by atoms with Gasteiger partial charge < -0.3 is 20.3 Å². The minimum absolute atomic E-state index is 0.398. The van der Waals surface area contributed by atoms with E-state index in [2.05, 4.69) is 0 Å². The third kappa shape index (κ3) is 4.24. The highest BCUT2D eigenvalue weighted by atomic mass is 16.5. The summed E-state index contributed by atoms with van der Waals surface area (Å²) >= 11 is 0. The first-order valence-corrected chi connectivity index (χ1v) is 5.69. The lowest BCUT2D eigenvalue weighted by atomic mass is 10.1. The van der Waals surface area contributed by atoms with E-state index in [0.717, 1.165) is 5.56 Å². The number of rotatable bonds is 6. The number of hydrogen-bond acceptors (Lipinski definition) is 4. The molecule has 1 aromatic rings. The van der Waals surface area contributed by atoms with Crippen LogP contribution in [0.4, 0.5) is 0 Å². The van der Waals surface area contributed by atoms with E-state index in [9.17, 15) is 5.11 Å². The predicted molar refractivity (Wildman–Crippen MR) is 67.3 cm³/mol. The molecule has 0 bridgehead atoms. The summed E-state index contributed by atoms with van der Waals surface area (Å²) in [5.41, 5.74) is 5.82. The van der Waals surface area contributed by atoms with Gasteiger partial charge in [-0.1, -0.05) is 12.1 Å². The third-order valence-corrected chi connectivity index (χ3v) is 2.46. The van der Waals surface area contributed by atoms with Crippen molar-refractivity contribution in [1.29, 1.82) is 0 Å². The lowest BCUT2D eigenvalue weighted by molar-refractivity contribution is 0.0547. The summed E-state index contributed by atoms with van der Waals surface area (Å²) in [6.07, 6.45) is 0.551. The van der Waals surface area contributed by atoms with Gasteiger partial charge in [-0.3, -0.25) is 0 Å². The molecular formula is C13H21NO3. The van der Waals surface area contributed by atoms with Crippen molar-refractivity contribution in [3.05, 3.63) is 23.8 Å². The highest BCUT2D eigenvalue weighted by Gasteiger charge is 2.14. The molecule has 0 unspecified atom stereocenters. The molecule has 17 heavy (non-hydrogen) atoms. The fourth-order valence-corrected chi connectivity index (χ4v) is 1.45. The van der Waals surface area contributed by atoms with Gasteiger partial charge in [0, 0.05) is 18.5 Å². The molecule has 1 rings (SSSR count). The molecule has 0 aliphatic heterocycles. The van der Waals surface area contributed by atoms with E-state index in [1.165, 1.54) is 0 Å². The van der Waals surface area contributed by atoms with Crippen LogP contribution in [0.2, 0.25) is 0 Å². The monoisotopic (exact) mass is 239 g/mol. The first-order valence-electron chi connectivity index (χ1n) is 5.69. The zero-order valence-electron chi connectivity index (χ0n) is 10.7. The van der Waals surface area contributed by atoms with Gasteiger partial charge in [0.25, 0.3) is 0 Å². The fourth-order valence-electron chi connectivity index (χ4n) is 1.45. The molecule has 0 heterocycles. The first-order chi connectivity index (χ1) is 7.98. The molecule has 0 spiro atoms. The van der Waals surface area contributed by atoms with Gasteiger partial charge in [0.05, 0.1) is 19.3 Å². The molecular weight excluding hydrogens is 218 g/mol. The molecule has 4 nitrogen and oxygen atoms in total. The number of methoxy groups -OCH3 is 1. The Morgan fingerprint density at radius 2 is 2.06 bits per heavy atom. The van der Waals surface area contributed by atoms with Crippen LogP contribution in [0.25, 0.3) is 0 Å². The average Bonchev–Trinajstić information content (AvgIpc) is 2.27. The molecule has 3 N–H and O–H groups in total. The summed E-state index contributed by atoms with van der Waals surface area (Å²) in [5, 5.41) is 9.61. The lowest BCUT2D eigenvalue weighted by Gasteiger charge is -2.19. The summed E-state index contributed by atoms with van der Waals surface area (Å²) in [6.45, 7) is 4.33. The largest absolute Gasteiger partial charge is 0.493 e. The highest BCUT2D eigenvalue weighted by molar-refractivity contribution is 5.46. The molecule has 0 aliphatic rings. The van der Waals surface area contributed by atoms with Crippen LogP contribution >= 0.6 is 0 Å². The van der Waals surface area contributed by atoms with Gasteiger partial charge in [0.15, 0.2) is 11.5 Å². The number of nitrogens with two attached hydrogens (primary N) is 1. The van der Waals surface area contributed by atoms with E-state index < -0.39 is 5.60 Å². The Balaban J connectivity index is 2.74. The van der Waals surface area contributed by atoms with Crippen molar-refractivity contribution in [1.82, 2.24) is 0 Å². The van der Waals surface area contributed by atoms with E-state index in [0.29, 0.717) is 31.1 Å². The molecule has 0 atom stereocenters. The van der Waals surface area contributed by atoms with Crippen molar-refractivity contribution >= 4 is 0 Å². The van der Waals surface area contributed by atoms with Crippen molar-refractivity contribution in [3.63, 3.8) is 0 Å². The number of hydrogen-bond donors (Lipinski definition) is 2. The quantitative estimate of drug-likeness (QED) is 0.793. The molecule has 0 radical (unpaired) electrons. The second-order valence-corrected chi connectivity index (χ2v) is 4.56. The lowest BCUT2D eigenvalue weighted by Crippen LogP contribution is -2.22. The smallest absolute Gasteiger partial charge is 0.165 e. The van der Waals surface area contributed by atoms with Crippen molar-refractivity contribution in [2.75, 3.05) is 13.7 Å². The Morgan fingerprint density at radius 1 is 1.35 bits per heavy atom. The summed E-state index contributed by atoms with van der Waals surface area (Å²) in [4.78, 5) is 0. The minimum Gasteiger partial charge on any atom is -0.493 e. The second-order valence-electron chi connectivity index (χ2n) is 4.56. The van der Waals surface area contributed by atoms with Gasteiger partial charge in [0.2, 0.25) is 0 Å². The van der Waals surface area contributed by atoms with Crippen LogP contribution in [0.15, 0.2) is 18.2 Å². The number of para-hydroxylation sites is 1. The molecule has 0 aliphatic carbocycles. The summed E-state index contributed by atoms with van der Waals surface area (Å²) in [7, 11) is 1.60. The molecule has 4 heteroatoms. The van der Waals surface area contributed by atoms with Crippen LogP contribution in [0, 0.1) is 0 Å². The Bertz CT molecular complexity index is 336. The van der Waals surface area contributed by atoms with Gasteiger partial charge in [0.1, 0.15) is 0 Å². The molecule has 1 aromatic carbocycles. The van der Waals surface area contributed by atoms with Gasteiger partial charge in [-0.15, -0.1) is 0 Å². The van der Waals surface area contributed by atoms with E-state index in [1.54, 1.807) is 21.0 Å². The zero-order valence-corrected chi connectivity index (χ0v) is 10.7. The van der Waals surface area contributed by atoms with Gasteiger partial charge >= 0.3 is 0 Å². The number of ether oxygens (including phenoxy) is 2. The van der Waals surface area contributed by atoms with Gasteiger partial charge in [-0.25, -0.2) is 0 Å². The zero-order chi connectivity index (χ0) is 12.9. The SMILES string of the molecule is COc1cccc(CN)c1OCCC(C)(C)O. The van der Waals surface area contributed by atoms with E-state index in [4.69, 9.17) is 15.2 Å². The van der Waals surface area contributed by atoms with Crippen LogP contribution < -0.4 is 15.2 Å². The van der Waals surface area contributed by atoms with Crippen molar-refractivity contribution < 1.29 is 14.6 Å². The maximum absolute atomic E-state index is 9.61. The Kier molecular flexibility index (Phi) is 4.78. The number of benzene rings is 1. The molecule has 96 valence electrons. The van der Waals surface area contributed by atoms with E-state index in [-0.39, 0.29) is 0 Å². The normalized spacial score (nSPS) is 11.4.